The Kier molecular flexibility index (Phi) is 6.11. The van der Waals surface area contributed by atoms with Crippen molar-refractivity contribution in [2.45, 2.75) is 0 Å². The van der Waals surface area contributed by atoms with Crippen molar-refractivity contribution in [2.24, 2.45) is 0 Å². The second-order valence-electron chi connectivity index (χ2n) is 5.87. The zero-order valence-corrected chi connectivity index (χ0v) is 18.3. The fraction of sp³-hybridized carbons (Fsp3) is 0. The van der Waals surface area contributed by atoms with Crippen LogP contribution >= 0.6 is 40.7 Å². The summed E-state index contributed by atoms with van der Waals surface area (Å²) >= 11 is 5.35. The number of rotatable bonds is 7. The highest BCUT2D eigenvalue weighted by Crippen LogP contribution is 2.49. The number of phosphoric ester groups is 1. The Morgan fingerprint density at radius 3 is 1.62 bits per heavy atom. The van der Waals surface area contributed by atoms with Crippen molar-refractivity contribution in [3.8, 4) is 28.4 Å². The van der Waals surface area contributed by atoms with E-state index < -0.39 is 7.82 Å². The van der Waals surface area contributed by atoms with Crippen molar-refractivity contribution in [1.82, 2.24) is 0 Å². The highest BCUT2D eigenvalue weighted by Gasteiger charge is 2.33. The molecule has 0 aliphatic heterocycles. The maximum Gasteiger partial charge on any atom is 0.647 e. The van der Waals surface area contributed by atoms with Crippen molar-refractivity contribution >= 4 is 40.7 Å². The van der Waals surface area contributed by atoms with Crippen LogP contribution in [0.15, 0.2) is 90.3 Å². The molecule has 1 aromatic heterocycles. The fourth-order valence-electron chi connectivity index (χ4n) is 2.50. The van der Waals surface area contributed by atoms with Gasteiger partial charge in [0.05, 0.1) is 0 Å². The molecule has 1 heterocycles. The molecule has 4 nitrogen and oxygen atoms in total. The molecular weight excluding hydrogens is 443 g/mol. The van der Waals surface area contributed by atoms with Crippen LogP contribution in [0.4, 0.5) is 0 Å². The largest absolute Gasteiger partial charge is 0.647 e. The van der Waals surface area contributed by atoms with Gasteiger partial charge in [0.1, 0.15) is 21.1 Å². The Morgan fingerprint density at radius 1 is 0.690 bits per heavy atom. The Hall–Kier alpha value is -2.44. The Labute approximate surface area is 181 Å². The molecule has 0 amide bonds. The van der Waals surface area contributed by atoms with E-state index >= 15 is 0 Å². The number of hydrogen-bond donors (Lipinski definition) is 0. The summed E-state index contributed by atoms with van der Waals surface area (Å²) in [5.74, 6) is 1.14. The lowest BCUT2D eigenvalue weighted by Crippen LogP contribution is -2.07. The first-order valence-electron chi connectivity index (χ1n) is 8.58. The van der Waals surface area contributed by atoms with Crippen molar-refractivity contribution < 1.29 is 18.1 Å². The van der Waals surface area contributed by atoms with Crippen molar-refractivity contribution in [3.05, 3.63) is 94.1 Å². The van der Waals surface area contributed by atoms with E-state index in [0.29, 0.717) is 17.2 Å². The first kappa shape index (κ1) is 19.9. The molecule has 8 heteroatoms. The molecule has 0 spiro atoms. The van der Waals surface area contributed by atoms with Crippen LogP contribution in [0.1, 0.15) is 0 Å². The summed E-state index contributed by atoms with van der Waals surface area (Å²) in [5.41, 5.74) is 1.98. The van der Waals surface area contributed by atoms with Gasteiger partial charge in [0.15, 0.2) is 0 Å². The molecule has 4 aromatic rings. The standard InChI is InChI=1S/C21H15O4PS3/c22-26(23-17-7-3-1-4-8-17,24-18-9-5-2-6-10-18)25-19-13-11-16(12-14-19)20-15-28-29-21(20)27/h1-15H. The number of benzene rings is 3. The van der Waals surface area contributed by atoms with Crippen LogP contribution in [0.5, 0.6) is 17.2 Å². The van der Waals surface area contributed by atoms with Crippen LogP contribution in [0.3, 0.4) is 0 Å². The molecule has 0 fully saturated rings. The van der Waals surface area contributed by atoms with Gasteiger partial charge >= 0.3 is 7.82 Å². The van der Waals surface area contributed by atoms with Crippen molar-refractivity contribution in [1.29, 1.82) is 0 Å². The van der Waals surface area contributed by atoms with E-state index in [1.54, 1.807) is 81.3 Å². The monoisotopic (exact) mass is 458 g/mol. The molecule has 0 radical (unpaired) electrons. The quantitative estimate of drug-likeness (QED) is 0.160. The second-order valence-corrected chi connectivity index (χ2v) is 10.1. The minimum Gasteiger partial charge on any atom is -0.386 e. The van der Waals surface area contributed by atoms with Crippen LogP contribution in [0.25, 0.3) is 11.1 Å². The summed E-state index contributed by atoms with van der Waals surface area (Å²) in [6.07, 6.45) is 0. The fourth-order valence-corrected chi connectivity index (χ4v) is 6.14. The molecule has 0 aliphatic carbocycles. The van der Waals surface area contributed by atoms with Crippen LogP contribution in [-0.4, -0.2) is 0 Å². The lowest BCUT2D eigenvalue weighted by atomic mass is 10.1. The SMILES string of the molecule is O=P(Oc1ccccc1)(Oc1ccccc1)Oc1ccc(-c2cssc2=S)cc1. The summed E-state index contributed by atoms with van der Waals surface area (Å²) in [6.45, 7) is 0. The minimum absolute atomic E-state index is 0.369. The molecular formula is C21H15O4PS3. The van der Waals surface area contributed by atoms with Gasteiger partial charge < -0.3 is 13.6 Å². The van der Waals surface area contributed by atoms with Crippen LogP contribution in [0, 0.1) is 3.82 Å². The van der Waals surface area contributed by atoms with Crippen LogP contribution in [0.2, 0.25) is 0 Å². The minimum atomic E-state index is -3.99. The van der Waals surface area contributed by atoms with Gasteiger partial charge in [-0.2, -0.15) is 4.57 Å². The Morgan fingerprint density at radius 2 is 1.17 bits per heavy atom. The van der Waals surface area contributed by atoms with E-state index in [0.717, 1.165) is 15.0 Å². The Balaban J connectivity index is 1.60. The smallest absolute Gasteiger partial charge is 0.386 e. The van der Waals surface area contributed by atoms with E-state index in [2.05, 4.69) is 0 Å². The van der Waals surface area contributed by atoms with E-state index in [4.69, 9.17) is 25.8 Å². The molecule has 0 aliphatic rings. The molecule has 0 saturated heterocycles. The van der Waals surface area contributed by atoms with Gasteiger partial charge in [0.25, 0.3) is 0 Å². The summed E-state index contributed by atoms with van der Waals surface area (Å²) < 4.78 is 31.2. The van der Waals surface area contributed by atoms with E-state index in [9.17, 15) is 4.57 Å². The summed E-state index contributed by atoms with van der Waals surface area (Å²) in [5, 5.41) is 2.02. The summed E-state index contributed by atoms with van der Waals surface area (Å²) in [4.78, 5) is 0. The van der Waals surface area contributed by atoms with Gasteiger partial charge in [-0.05, 0) is 42.0 Å². The highest BCUT2D eigenvalue weighted by molar-refractivity contribution is 7.79. The van der Waals surface area contributed by atoms with E-state index in [1.165, 1.54) is 0 Å². The van der Waals surface area contributed by atoms with E-state index in [1.807, 2.05) is 29.6 Å². The second kappa shape index (κ2) is 8.93. The number of hydrogen-bond acceptors (Lipinski definition) is 7. The molecule has 3 aromatic carbocycles. The molecule has 146 valence electrons. The zero-order chi connectivity index (χ0) is 20.1. The lowest BCUT2D eigenvalue weighted by molar-refractivity contribution is 0.298. The predicted molar refractivity (Wildman–Crippen MR) is 121 cm³/mol. The predicted octanol–water partition coefficient (Wildman–Crippen LogP) is 7.85. The van der Waals surface area contributed by atoms with Gasteiger partial charge in [-0.3, -0.25) is 0 Å². The third kappa shape index (κ3) is 5.14. The lowest BCUT2D eigenvalue weighted by Gasteiger charge is -2.19. The molecule has 29 heavy (non-hydrogen) atoms. The van der Waals surface area contributed by atoms with Crippen molar-refractivity contribution in [3.63, 3.8) is 0 Å². The van der Waals surface area contributed by atoms with Crippen LogP contribution in [-0.2, 0) is 4.57 Å². The Bertz CT molecular complexity index is 1130. The molecule has 0 unspecified atom stereocenters. The normalized spacial score (nSPS) is 11.0. The van der Waals surface area contributed by atoms with Gasteiger partial charge in [-0.15, -0.1) is 0 Å². The van der Waals surface area contributed by atoms with Gasteiger partial charge in [-0.25, -0.2) is 0 Å². The average Bonchev–Trinajstić information content (AvgIpc) is 3.16. The van der Waals surface area contributed by atoms with Gasteiger partial charge in [0.2, 0.25) is 0 Å². The van der Waals surface area contributed by atoms with Gasteiger partial charge in [0, 0.05) is 10.9 Å². The van der Waals surface area contributed by atoms with Crippen molar-refractivity contribution in [2.75, 3.05) is 0 Å². The highest BCUT2D eigenvalue weighted by atomic mass is 32.9. The molecule has 4 rings (SSSR count). The third-order valence-electron chi connectivity index (χ3n) is 3.81. The first-order valence-corrected chi connectivity index (χ1v) is 12.7. The maximum absolute atomic E-state index is 13.4. The summed E-state index contributed by atoms with van der Waals surface area (Å²) in [6, 6.07) is 24.8. The molecule has 0 atom stereocenters. The maximum atomic E-state index is 13.4. The number of para-hydroxylation sites is 2. The number of phosphoric acid groups is 1. The molecule has 0 saturated carbocycles. The summed E-state index contributed by atoms with van der Waals surface area (Å²) in [7, 11) is -0.830. The topological polar surface area (TPSA) is 44.8 Å². The van der Waals surface area contributed by atoms with E-state index in [-0.39, 0.29) is 0 Å². The average molecular weight is 459 g/mol. The molecule has 0 bridgehead atoms. The zero-order valence-electron chi connectivity index (χ0n) is 15.0. The third-order valence-corrected chi connectivity index (χ3v) is 7.78. The van der Waals surface area contributed by atoms with Crippen LogP contribution < -0.4 is 13.6 Å². The first-order chi connectivity index (χ1) is 14.1. The van der Waals surface area contributed by atoms with Gasteiger partial charge in [-0.1, -0.05) is 81.4 Å². The molecule has 0 N–H and O–H groups in total.